The van der Waals surface area contributed by atoms with Crippen molar-refractivity contribution in [3.8, 4) is 5.75 Å². The number of halogens is 1. The van der Waals surface area contributed by atoms with Gasteiger partial charge >= 0.3 is 0 Å². The second-order valence-corrected chi connectivity index (χ2v) is 6.12. The van der Waals surface area contributed by atoms with Crippen LogP contribution in [-0.2, 0) is 16.0 Å². The number of para-hydroxylation sites is 1. The highest BCUT2D eigenvalue weighted by atomic mass is 127. The lowest BCUT2D eigenvalue weighted by molar-refractivity contribution is 0.00989. The van der Waals surface area contributed by atoms with Crippen molar-refractivity contribution >= 4 is 29.9 Å². The number of benzene rings is 1. The summed E-state index contributed by atoms with van der Waals surface area (Å²) in [5.74, 6) is 1.83. The molecule has 0 spiro atoms. The molecule has 0 amide bonds. The Balaban J connectivity index is 0.00000338. The average molecular weight is 477 g/mol. The predicted molar refractivity (Wildman–Crippen MR) is 116 cm³/mol. The minimum absolute atomic E-state index is 0. The van der Waals surface area contributed by atoms with Crippen LogP contribution in [0, 0.1) is 0 Å². The van der Waals surface area contributed by atoms with E-state index in [0.717, 1.165) is 62.8 Å². The zero-order chi connectivity index (χ0) is 17.9. The summed E-state index contributed by atoms with van der Waals surface area (Å²) in [6, 6.07) is 8.05. The highest BCUT2D eigenvalue weighted by Crippen LogP contribution is 2.18. The van der Waals surface area contributed by atoms with E-state index in [1.807, 2.05) is 25.2 Å². The van der Waals surface area contributed by atoms with E-state index in [9.17, 15) is 0 Å². The summed E-state index contributed by atoms with van der Waals surface area (Å²) < 4.78 is 16.4. The third kappa shape index (κ3) is 7.28. The minimum atomic E-state index is 0. The van der Waals surface area contributed by atoms with E-state index >= 15 is 0 Å². The van der Waals surface area contributed by atoms with Crippen LogP contribution in [0.2, 0.25) is 0 Å². The van der Waals surface area contributed by atoms with Crippen molar-refractivity contribution in [2.75, 3.05) is 47.6 Å². The van der Waals surface area contributed by atoms with Gasteiger partial charge < -0.3 is 24.4 Å². The molecular formula is C19H32IN3O3. The standard InChI is InChI=1S/C19H31N3O3.HI/c1-20-19(21-15-16-7-4-5-8-18(16)24-3)22-11-9-17(10-12-22)25-14-6-13-23-2;/h4-5,7-8,17H,6,9-15H2,1-3H3,(H,20,21);1H. The molecular weight excluding hydrogens is 445 g/mol. The third-order valence-corrected chi connectivity index (χ3v) is 4.43. The fraction of sp³-hybridized carbons (Fsp3) is 0.632. The highest BCUT2D eigenvalue weighted by Gasteiger charge is 2.21. The second-order valence-electron chi connectivity index (χ2n) is 6.12. The highest BCUT2D eigenvalue weighted by molar-refractivity contribution is 14.0. The van der Waals surface area contributed by atoms with Crippen molar-refractivity contribution in [2.24, 2.45) is 4.99 Å². The number of guanidine groups is 1. The van der Waals surface area contributed by atoms with Crippen molar-refractivity contribution in [3.63, 3.8) is 0 Å². The zero-order valence-electron chi connectivity index (χ0n) is 16.1. The van der Waals surface area contributed by atoms with Gasteiger partial charge in [0.1, 0.15) is 5.75 Å². The largest absolute Gasteiger partial charge is 0.496 e. The molecule has 0 aromatic heterocycles. The quantitative estimate of drug-likeness (QED) is 0.270. The molecule has 0 radical (unpaired) electrons. The molecule has 1 saturated heterocycles. The lowest BCUT2D eigenvalue weighted by Gasteiger charge is -2.34. The molecule has 6 nitrogen and oxygen atoms in total. The second kappa shape index (κ2) is 13.2. The van der Waals surface area contributed by atoms with Crippen LogP contribution in [0.15, 0.2) is 29.3 Å². The molecule has 0 atom stereocenters. The fourth-order valence-electron chi connectivity index (χ4n) is 3.04. The molecule has 26 heavy (non-hydrogen) atoms. The Hall–Kier alpha value is -1.06. The Kier molecular flexibility index (Phi) is 11.6. The van der Waals surface area contributed by atoms with Gasteiger partial charge in [-0.2, -0.15) is 0 Å². The average Bonchev–Trinajstić information content (AvgIpc) is 2.67. The predicted octanol–water partition coefficient (Wildman–Crippen LogP) is 2.91. The van der Waals surface area contributed by atoms with Gasteiger partial charge in [0, 0.05) is 52.6 Å². The maximum absolute atomic E-state index is 5.92. The number of rotatable bonds is 8. The summed E-state index contributed by atoms with van der Waals surface area (Å²) in [5, 5.41) is 3.44. The molecule has 0 aliphatic carbocycles. The molecule has 0 bridgehead atoms. The lowest BCUT2D eigenvalue weighted by atomic mass is 10.1. The van der Waals surface area contributed by atoms with Gasteiger partial charge in [0.15, 0.2) is 5.96 Å². The van der Waals surface area contributed by atoms with E-state index in [4.69, 9.17) is 14.2 Å². The van der Waals surface area contributed by atoms with E-state index < -0.39 is 0 Å². The minimum Gasteiger partial charge on any atom is -0.496 e. The van der Waals surface area contributed by atoms with Gasteiger partial charge in [-0.05, 0) is 25.3 Å². The Bertz CT molecular complexity index is 535. The number of methoxy groups -OCH3 is 2. The van der Waals surface area contributed by atoms with Crippen LogP contribution in [0.5, 0.6) is 5.75 Å². The number of nitrogens with zero attached hydrogens (tertiary/aromatic N) is 2. The molecule has 1 fully saturated rings. The SMILES string of the molecule is CN=C(NCc1ccccc1OC)N1CCC(OCCCOC)CC1.I. The Morgan fingerprint density at radius 1 is 1.19 bits per heavy atom. The van der Waals surface area contributed by atoms with Crippen molar-refractivity contribution in [1.82, 2.24) is 10.2 Å². The van der Waals surface area contributed by atoms with Crippen molar-refractivity contribution < 1.29 is 14.2 Å². The van der Waals surface area contributed by atoms with E-state index in [1.54, 1.807) is 14.2 Å². The molecule has 1 aliphatic rings. The van der Waals surface area contributed by atoms with Crippen molar-refractivity contribution in [1.29, 1.82) is 0 Å². The fourth-order valence-corrected chi connectivity index (χ4v) is 3.04. The number of hydrogen-bond acceptors (Lipinski definition) is 4. The Morgan fingerprint density at radius 2 is 1.92 bits per heavy atom. The Morgan fingerprint density at radius 3 is 2.58 bits per heavy atom. The molecule has 2 rings (SSSR count). The van der Waals surface area contributed by atoms with Crippen LogP contribution in [-0.4, -0.2) is 64.5 Å². The zero-order valence-corrected chi connectivity index (χ0v) is 18.4. The number of hydrogen-bond donors (Lipinski definition) is 1. The smallest absolute Gasteiger partial charge is 0.193 e. The first-order chi connectivity index (χ1) is 12.3. The maximum Gasteiger partial charge on any atom is 0.193 e. The summed E-state index contributed by atoms with van der Waals surface area (Å²) in [4.78, 5) is 6.72. The van der Waals surface area contributed by atoms with Crippen LogP contribution in [0.25, 0.3) is 0 Å². The first kappa shape index (κ1) is 23.0. The van der Waals surface area contributed by atoms with E-state index in [1.165, 1.54) is 0 Å². The molecule has 0 saturated carbocycles. The van der Waals surface area contributed by atoms with Crippen LogP contribution >= 0.6 is 24.0 Å². The number of ether oxygens (including phenoxy) is 3. The summed E-state index contributed by atoms with van der Waals surface area (Å²) in [7, 11) is 5.26. The Labute approximate surface area is 174 Å². The first-order valence-electron chi connectivity index (χ1n) is 8.96. The third-order valence-electron chi connectivity index (χ3n) is 4.43. The topological polar surface area (TPSA) is 55.3 Å². The molecule has 1 N–H and O–H groups in total. The van der Waals surface area contributed by atoms with Gasteiger partial charge in [-0.3, -0.25) is 4.99 Å². The van der Waals surface area contributed by atoms with Crippen molar-refractivity contribution in [3.05, 3.63) is 29.8 Å². The summed E-state index contributed by atoms with van der Waals surface area (Å²) in [6.07, 6.45) is 3.37. The van der Waals surface area contributed by atoms with Gasteiger partial charge in [-0.15, -0.1) is 24.0 Å². The van der Waals surface area contributed by atoms with Gasteiger partial charge in [0.05, 0.1) is 13.2 Å². The number of piperidine rings is 1. The number of nitrogens with one attached hydrogen (secondary N) is 1. The monoisotopic (exact) mass is 477 g/mol. The molecule has 7 heteroatoms. The van der Waals surface area contributed by atoms with Gasteiger partial charge in [-0.1, -0.05) is 18.2 Å². The van der Waals surface area contributed by atoms with E-state index in [0.29, 0.717) is 12.6 Å². The van der Waals surface area contributed by atoms with Crippen LogP contribution in [0.4, 0.5) is 0 Å². The molecule has 1 aliphatic heterocycles. The maximum atomic E-state index is 5.92. The number of likely N-dealkylation sites (tertiary alicyclic amines) is 1. The van der Waals surface area contributed by atoms with Crippen LogP contribution in [0.1, 0.15) is 24.8 Å². The lowest BCUT2D eigenvalue weighted by Crippen LogP contribution is -2.46. The molecule has 0 unspecified atom stereocenters. The summed E-state index contributed by atoms with van der Waals surface area (Å²) in [5.41, 5.74) is 1.13. The van der Waals surface area contributed by atoms with Crippen LogP contribution < -0.4 is 10.1 Å². The van der Waals surface area contributed by atoms with Gasteiger partial charge in [0.25, 0.3) is 0 Å². The van der Waals surface area contributed by atoms with E-state index in [-0.39, 0.29) is 24.0 Å². The van der Waals surface area contributed by atoms with Gasteiger partial charge in [0.2, 0.25) is 0 Å². The molecule has 1 aromatic carbocycles. The summed E-state index contributed by atoms with van der Waals surface area (Å²) in [6.45, 7) is 4.16. The normalized spacial score (nSPS) is 15.5. The molecule has 1 heterocycles. The molecule has 1 aromatic rings. The molecule has 148 valence electrons. The van der Waals surface area contributed by atoms with Crippen molar-refractivity contribution in [2.45, 2.75) is 31.9 Å². The van der Waals surface area contributed by atoms with E-state index in [2.05, 4.69) is 21.3 Å². The van der Waals surface area contributed by atoms with Crippen LogP contribution in [0.3, 0.4) is 0 Å². The number of aliphatic imine (C=N–C) groups is 1. The summed E-state index contributed by atoms with van der Waals surface area (Å²) >= 11 is 0. The first-order valence-corrected chi connectivity index (χ1v) is 8.96. The van der Waals surface area contributed by atoms with Gasteiger partial charge in [-0.25, -0.2) is 0 Å².